The zero-order valence-electron chi connectivity index (χ0n) is 14.6. The van der Waals surface area contributed by atoms with Crippen molar-refractivity contribution in [2.45, 2.75) is 12.3 Å². The molecule has 0 saturated heterocycles. The standard InChI is InChI=1S/C19H17Cl2N3O2S/c1-24(18(25)12-27-11-13-6-2-4-8-15(13)20)10-17-22-19(23-26-17)14-7-3-5-9-16(14)21/h2-9H,10-12H2,1H3. The van der Waals surface area contributed by atoms with Crippen LogP contribution in [0.3, 0.4) is 0 Å². The van der Waals surface area contributed by atoms with Crippen molar-refractivity contribution >= 4 is 40.9 Å². The first-order valence-electron chi connectivity index (χ1n) is 8.17. The van der Waals surface area contributed by atoms with Gasteiger partial charge in [0, 0.05) is 23.4 Å². The summed E-state index contributed by atoms with van der Waals surface area (Å²) in [6.07, 6.45) is 0. The van der Waals surface area contributed by atoms with Crippen molar-refractivity contribution in [3.8, 4) is 11.4 Å². The SMILES string of the molecule is CN(Cc1nc(-c2ccccc2Cl)no1)C(=O)CSCc1ccccc1Cl. The van der Waals surface area contributed by atoms with E-state index >= 15 is 0 Å². The van der Waals surface area contributed by atoms with Gasteiger partial charge in [-0.1, -0.05) is 58.7 Å². The van der Waals surface area contributed by atoms with Crippen molar-refractivity contribution in [2.24, 2.45) is 0 Å². The van der Waals surface area contributed by atoms with Crippen LogP contribution >= 0.6 is 35.0 Å². The molecule has 0 aliphatic carbocycles. The zero-order chi connectivity index (χ0) is 19.2. The van der Waals surface area contributed by atoms with Crippen LogP contribution in [-0.2, 0) is 17.1 Å². The molecule has 0 bridgehead atoms. The number of carbonyl (C=O) groups excluding carboxylic acids is 1. The van der Waals surface area contributed by atoms with Gasteiger partial charge in [-0.25, -0.2) is 0 Å². The quantitative estimate of drug-likeness (QED) is 0.540. The minimum Gasteiger partial charge on any atom is -0.337 e. The van der Waals surface area contributed by atoms with E-state index in [1.807, 2.05) is 42.5 Å². The second-order valence-electron chi connectivity index (χ2n) is 5.83. The predicted octanol–water partition coefficient (Wildman–Crippen LogP) is 4.94. The normalized spacial score (nSPS) is 10.8. The molecule has 140 valence electrons. The summed E-state index contributed by atoms with van der Waals surface area (Å²) in [5.74, 6) is 1.76. The fraction of sp³-hybridized carbons (Fsp3) is 0.211. The van der Waals surface area contributed by atoms with Gasteiger partial charge < -0.3 is 9.42 Å². The fourth-order valence-corrected chi connectivity index (χ4v) is 3.81. The molecule has 0 aliphatic rings. The molecule has 0 unspecified atom stereocenters. The second kappa shape index (κ2) is 9.26. The van der Waals surface area contributed by atoms with Crippen molar-refractivity contribution in [1.82, 2.24) is 15.0 Å². The third-order valence-electron chi connectivity index (χ3n) is 3.82. The van der Waals surface area contributed by atoms with Crippen LogP contribution in [0, 0.1) is 0 Å². The summed E-state index contributed by atoms with van der Waals surface area (Å²) in [5, 5.41) is 5.20. The number of hydrogen-bond acceptors (Lipinski definition) is 5. The Bertz CT molecular complexity index is 933. The van der Waals surface area contributed by atoms with Crippen LogP contribution in [0.15, 0.2) is 53.1 Å². The van der Waals surface area contributed by atoms with Gasteiger partial charge >= 0.3 is 0 Å². The summed E-state index contributed by atoms with van der Waals surface area (Å²) < 4.78 is 5.25. The first-order chi connectivity index (χ1) is 13.0. The molecule has 0 aliphatic heterocycles. The molecule has 0 radical (unpaired) electrons. The maximum atomic E-state index is 12.3. The van der Waals surface area contributed by atoms with Gasteiger partial charge in [0.1, 0.15) is 0 Å². The molecular weight excluding hydrogens is 405 g/mol. The maximum absolute atomic E-state index is 12.3. The summed E-state index contributed by atoms with van der Waals surface area (Å²) >= 11 is 13.8. The number of amides is 1. The van der Waals surface area contributed by atoms with Gasteiger partial charge in [0.05, 0.1) is 17.3 Å². The van der Waals surface area contributed by atoms with Crippen molar-refractivity contribution in [3.05, 3.63) is 70.0 Å². The number of halogens is 2. The number of hydrogen-bond donors (Lipinski definition) is 0. The van der Waals surface area contributed by atoms with Crippen molar-refractivity contribution in [3.63, 3.8) is 0 Å². The monoisotopic (exact) mass is 421 g/mol. The third-order valence-corrected chi connectivity index (χ3v) is 5.49. The van der Waals surface area contributed by atoms with Crippen LogP contribution in [0.5, 0.6) is 0 Å². The topological polar surface area (TPSA) is 59.2 Å². The highest BCUT2D eigenvalue weighted by atomic mass is 35.5. The van der Waals surface area contributed by atoms with Crippen molar-refractivity contribution in [1.29, 1.82) is 0 Å². The van der Waals surface area contributed by atoms with E-state index < -0.39 is 0 Å². The molecule has 3 rings (SSSR count). The molecule has 2 aromatic carbocycles. The number of benzene rings is 2. The molecule has 0 atom stereocenters. The average Bonchev–Trinajstić information content (AvgIpc) is 3.11. The molecule has 1 amide bonds. The molecule has 0 spiro atoms. The molecule has 0 fully saturated rings. The minimum absolute atomic E-state index is 0.0236. The van der Waals surface area contributed by atoms with Crippen LogP contribution in [0.2, 0.25) is 10.0 Å². The number of nitrogens with zero attached hydrogens (tertiary/aromatic N) is 3. The number of carbonyl (C=O) groups is 1. The third kappa shape index (κ3) is 5.25. The highest BCUT2D eigenvalue weighted by Crippen LogP contribution is 2.25. The Morgan fingerprint density at radius 1 is 1.11 bits per heavy atom. The summed E-state index contributed by atoms with van der Waals surface area (Å²) in [7, 11) is 1.71. The van der Waals surface area contributed by atoms with Crippen LogP contribution in [0.4, 0.5) is 0 Å². The molecule has 1 heterocycles. The molecule has 1 aromatic heterocycles. The molecule has 8 heteroatoms. The molecule has 0 saturated carbocycles. The fourth-order valence-electron chi connectivity index (χ4n) is 2.34. The van der Waals surface area contributed by atoms with Crippen LogP contribution in [0.25, 0.3) is 11.4 Å². The largest absolute Gasteiger partial charge is 0.337 e. The summed E-state index contributed by atoms with van der Waals surface area (Å²) in [5.41, 5.74) is 1.71. The predicted molar refractivity (Wildman–Crippen MR) is 109 cm³/mol. The highest BCUT2D eigenvalue weighted by Gasteiger charge is 2.16. The first kappa shape index (κ1) is 19.7. The van der Waals surface area contributed by atoms with Crippen LogP contribution in [-0.4, -0.2) is 33.7 Å². The first-order valence-corrected chi connectivity index (χ1v) is 10.1. The molecule has 5 nitrogen and oxygen atoms in total. The van der Waals surface area contributed by atoms with Gasteiger partial charge in [-0.15, -0.1) is 11.8 Å². The Morgan fingerprint density at radius 3 is 2.56 bits per heavy atom. The van der Waals surface area contributed by atoms with Gasteiger partial charge in [0.25, 0.3) is 0 Å². The Labute approximate surface area is 171 Å². The van der Waals surface area contributed by atoms with E-state index in [9.17, 15) is 4.79 Å². The van der Waals surface area contributed by atoms with Crippen LogP contribution in [0.1, 0.15) is 11.5 Å². The lowest BCUT2D eigenvalue weighted by Crippen LogP contribution is -2.28. The maximum Gasteiger partial charge on any atom is 0.246 e. The van der Waals surface area contributed by atoms with Gasteiger partial charge in [-0.05, 0) is 23.8 Å². The Hall–Kier alpha value is -2.02. The van der Waals surface area contributed by atoms with Gasteiger partial charge in [0.2, 0.25) is 17.6 Å². The zero-order valence-corrected chi connectivity index (χ0v) is 16.9. The van der Waals surface area contributed by atoms with E-state index in [0.717, 1.165) is 5.56 Å². The lowest BCUT2D eigenvalue weighted by molar-refractivity contribution is -0.127. The number of aromatic nitrogens is 2. The molecule has 27 heavy (non-hydrogen) atoms. The smallest absolute Gasteiger partial charge is 0.246 e. The van der Waals surface area contributed by atoms with E-state index in [-0.39, 0.29) is 12.5 Å². The van der Waals surface area contributed by atoms with Gasteiger partial charge in [0.15, 0.2) is 0 Å². The van der Waals surface area contributed by atoms with Crippen LogP contribution < -0.4 is 0 Å². The van der Waals surface area contributed by atoms with Gasteiger partial charge in [-0.3, -0.25) is 4.79 Å². The van der Waals surface area contributed by atoms with E-state index in [0.29, 0.717) is 38.8 Å². The van der Waals surface area contributed by atoms with Crippen molar-refractivity contribution in [2.75, 3.05) is 12.8 Å². The summed E-state index contributed by atoms with van der Waals surface area (Å²) in [6.45, 7) is 0.239. The van der Waals surface area contributed by atoms with E-state index in [1.54, 1.807) is 18.0 Å². The number of rotatable bonds is 7. The van der Waals surface area contributed by atoms with Gasteiger partial charge in [-0.2, -0.15) is 4.98 Å². The minimum atomic E-state index is -0.0236. The summed E-state index contributed by atoms with van der Waals surface area (Å²) in [6, 6.07) is 14.9. The number of thioether (sulfide) groups is 1. The van der Waals surface area contributed by atoms with E-state index in [4.69, 9.17) is 27.7 Å². The van der Waals surface area contributed by atoms with E-state index in [1.165, 1.54) is 11.8 Å². The Balaban J connectivity index is 1.53. The average molecular weight is 422 g/mol. The lowest BCUT2D eigenvalue weighted by atomic mass is 10.2. The molecular formula is C19H17Cl2N3O2S. The lowest BCUT2D eigenvalue weighted by Gasteiger charge is -2.14. The molecule has 3 aromatic rings. The van der Waals surface area contributed by atoms with E-state index in [2.05, 4.69) is 10.1 Å². The molecule has 0 N–H and O–H groups in total. The Kier molecular flexibility index (Phi) is 6.77. The highest BCUT2D eigenvalue weighted by molar-refractivity contribution is 7.99. The second-order valence-corrected chi connectivity index (χ2v) is 7.63. The Morgan fingerprint density at radius 2 is 1.81 bits per heavy atom. The summed E-state index contributed by atoms with van der Waals surface area (Å²) in [4.78, 5) is 18.2. The van der Waals surface area contributed by atoms with Crippen molar-refractivity contribution < 1.29 is 9.32 Å².